The molecule has 1 saturated heterocycles. The van der Waals surface area contributed by atoms with Gasteiger partial charge in [0.25, 0.3) is 0 Å². The van der Waals surface area contributed by atoms with E-state index in [1.165, 1.54) is 0 Å². The summed E-state index contributed by atoms with van der Waals surface area (Å²) in [5.74, 6) is 0. The van der Waals surface area contributed by atoms with Crippen molar-refractivity contribution in [1.29, 1.82) is 0 Å². The molecule has 1 amide bonds. The van der Waals surface area contributed by atoms with Gasteiger partial charge in [-0.3, -0.25) is 0 Å². The molecule has 1 aromatic rings. The highest BCUT2D eigenvalue weighted by atomic mass is 79.9. The monoisotopic (exact) mass is 341 g/mol. The summed E-state index contributed by atoms with van der Waals surface area (Å²) in [6.45, 7) is 2.85. The first-order valence-electron chi connectivity index (χ1n) is 6.95. The first-order valence-corrected chi connectivity index (χ1v) is 7.74. The van der Waals surface area contributed by atoms with Gasteiger partial charge in [0.1, 0.15) is 6.10 Å². The second-order valence-electron chi connectivity index (χ2n) is 5.08. The van der Waals surface area contributed by atoms with E-state index in [0.29, 0.717) is 13.0 Å². The van der Waals surface area contributed by atoms with Crippen molar-refractivity contribution in [2.75, 3.05) is 13.2 Å². The van der Waals surface area contributed by atoms with Crippen LogP contribution in [0.15, 0.2) is 28.7 Å². The number of hydrogen-bond donors (Lipinski definition) is 1. The Morgan fingerprint density at radius 1 is 1.55 bits per heavy atom. The molecule has 1 aromatic carbocycles. The summed E-state index contributed by atoms with van der Waals surface area (Å²) < 4.78 is 6.45. The lowest BCUT2D eigenvalue weighted by Crippen LogP contribution is -2.43. The minimum atomic E-state index is -0.258. The summed E-state index contributed by atoms with van der Waals surface area (Å²) in [6.07, 6.45) is 1.93. The van der Waals surface area contributed by atoms with Crippen LogP contribution < -0.4 is 0 Å². The third-order valence-corrected chi connectivity index (χ3v) is 4.17. The molecule has 2 rings (SSSR count). The van der Waals surface area contributed by atoms with Crippen molar-refractivity contribution in [3.05, 3.63) is 34.3 Å². The molecular formula is C15H20BrNO3. The summed E-state index contributed by atoms with van der Waals surface area (Å²) in [6, 6.07) is 7.97. The van der Waals surface area contributed by atoms with Gasteiger partial charge in [0.15, 0.2) is 0 Å². The number of ether oxygens (including phenoxy) is 1. The highest BCUT2D eigenvalue weighted by molar-refractivity contribution is 9.10. The fourth-order valence-electron chi connectivity index (χ4n) is 2.46. The zero-order valence-corrected chi connectivity index (χ0v) is 13.2. The molecule has 0 spiro atoms. The minimum absolute atomic E-state index is 0.00112. The smallest absolute Gasteiger partial charge is 0.410 e. The van der Waals surface area contributed by atoms with Gasteiger partial charge in [-0.2, -0.15) is 0 Å². The van der Waals surface area contributed by atoms with Crippen molar-refractivity contribution in [3.8, 4) is 0 Å². The predicted molar refractivity (Wildman–Crippen MR) is 80.5 cm³/mol. The van der Waals surface area contributed by atoms with Gasteiger partial charge in [0, 0.05) is 24.0 Å². The number of carbonyl (C=O) groups is 1. The predicted octanol–water partition coefficient (Wildman–Crippen LogP) is 3.49. The maximum atomic E-state index is 12.1. The van der Waals surface area contributed by atoms with Gasteiger partial charge in [0.05, 0.1) is 6.04 Å². The number of aliphatic hydroxyl groups is 1. The number of rotatable bonds is 5. The van der Waals surface area contributed by atoms with Crippen LogP contribution in [0.5, 0.6) is 0 Å². The quantitative estimate of drug-likeness (QED) is 0.891. The van der Waals surface area contributed by atoms with E-state index in [-0.39, 0.29) is 24.8 Å². The standard InChI is InChI=1S/C15H20BrNO3/c1-11(12-4-2-5-13(16)10-12)17-8-7-14(6-3-9-18)20-15(17)19/h2,4-5,10-11,14,18H,3,6-9H2,1H3. The average Bonchev–Trinajstić information content (AvgIpc) is 2.44. The summed E-state index contributed by atoms with van der Waals surface area (Å²) in [7, 11) is 0. The van der Waals surface area contributed by atoms with E-state index in [2.05, 4.69) is 15.9 Å². The fraction of sp³-hybridized carbons (Fsp3) is 0.533. The molecule has 1 aliphatic rings. The number of benzene rings is 1. The Kier molecular flexibility index (Phi) is 5.43. The Morgan fingerprint density at radius 3 is 3.00 bits per heavy atom. The summed E-state index contributed by atoms with van der Waals surface area (Å²) in [4.78, 5) is 13.9. The van der Waals surface area contributed by atoms with Crippen LogP contribution in [-0.4, -0.2) is 35.4 Å². The van der Waals surface area contributed by atoms with Crippen molar-refractivity contribution in [2.45, 2.75) is 38.3 Å². The van der Waals surface area contributed by atoms with Crippen LogP contribution in [0.2, 0.25) is 0 Å². The van der Waals surface area contributed by atoms with E-state index < -0.39 is 0 Å². The van der Waals surface area contributed by atoms with Gasteiger partial charge < -0.3 is 14.7 Å². The lowest BCUT2D eigenvalue weighted by atomic mass is 10.0. The van der Waals surface area contributed by atoms with Crippen molar-refractivity contribution < 1.29 is 14.6 Å². The molecule has 20 heavy (non-hydrogen) atoms. The fourth-order valence-corrected chi connectivity index (χ4v) is 2.88. The molecular weight excluding hydrogens is 322 g/mol. The number of nitrogens with zero attached hydrogens (tertiary/aromatic N) is 1. The minimum Gasteiger partial charge on any atom is -0.446 e. The number of amides is 1. The van der Waals surface area contributed by atoms with E-state index in [9.17, 15) is 4.79 Å². The van der Waals surface area contributed by atoms with Crippen molar-refractivity contribution in [3.63, 3.8) is 0 Å². The van der Waals surface area contributed by atoms with Gasteiger partial charge in [-0.05, 0) is 37.5 Å². The second-order valence-corrected chi connectivity index (χ2v) is 6.00. The van der Waals surface area contributed by atoms with Crippen LogP contribution in [0.25, 0.3) is 0 Å². The van der Waals surface area contributed by atoms with E-state index in [1.54, 1.807) is 4.90 Å². The van der Waals surface area contributed by atoms with Crippen LogP contribution in [-0.2, 0) is 4.74 Å². The molecule has 0 aromatic heterocycles. The molecule has 2 unspecified atom stereocenters. The molecule has 0 saturated carbocycles. The van der Waals surface area contributed by atoms with E-state index in [1.807, 2.05) is 31.2 Å². The molecule has 4 nitrogen and oxygen atoms in total. The van der Waals surface area contributed by atoms with Crippen LogP contribution >= 0.6 is 15.9 Å². The zero-order valence-electron chi connectivity index (χ0n) is 11.6. The molecule has 0 bridgehead atoms. The molecule has 110 valence electrons. The Hall–Kier alpha value is -1.07. The molecule has 0 radical (unpaired) electrons. The summed E-state index contributed by atoms with van der Waals surface area (Å²) >= 11 is 3.45. The van der Waals surface area contributed by atoms with Crippen LogP contribution in [0.4, 0.5) is 4.79 Å². The molecule has 0 aliphatic carbocycles. The van der Waals surface area contributed by atoms with Crippen LogP contribution in [0, 0.1) is 0 Å². The first-order chi connectivity index (χ1) is 9.61. The molecule has 1 fully saturated rings. The lowest BCUT2D eigenvalue weighted by molar-refractivity contribution is 0.00759. The normalized spacial score (nSPS) is 20.6. The van der Waals surface area contributed by atoms with Gasteiger partial charge in [0.2, 0.25) is 0 Å². The third-order valence-electron chi connectivity index (χ3n) is 3.68. The van der Waals surface area contributed by atoms with Gasteiger partial charge in [-0.1, -0.05) is 28.1 Å². The summed E-state index contributed by atoms with van der Waals surface area (Å²) in [5, 5.41) is 8.82. The average molecular weight is 342 g/mol. The third kappa shape index (κ3) is 3.73. The van der Waals surface area contributed by atoms with Crippen LogP contribution in [0.3, 0.4) is 0 Å². The maximum Gasteiger partial charge on any atom is 0.410 e. The Balaban J connectivity index is 1.98. The molecule has 2 atom stereocenters. The van der Waals surface area contributed by atoms with E-state index in [4.69, 9.17) is 9.84 Å². The second kappa shape index (κ2) is 7.09. The van der Waals surface area contributed by atoms with Crippen LogP contribution in [0.1, 0.15) is 37.8 Å². The van der Waals surface area contributed by atoms with Crippen molar-refractivity contribution in [2.24, 2.45) is 0 Å². The van der Waals surface area contributed by atoms with E-state index >= 15 is 0 Å². The topological polar surface area (TPSA) is 49.8 Å². The Bertz CT molecular complexity index is 466. The SMILES string of the molecule is CC(c1cccc(Br)c1)N1CCC(CCCO)OC1=O. The highest BCUT2D eigenvalue weighted by Crippen LogP contribution is 2.27. The largest absolute Gasteiger partial charge is 0.446 e. The van der Waals surface area contributed by atoms with Crippen molar-refractivity contribution in [1.82, 2.24) is 4.90 Å². The van der Waals surface area contributed by atoms with Gasteiger partial charge in [-0.15, -0.1) is 0 Å². The summed E-state index contributed by atoms with van der Waals surface area (Å²) in [5.41, 5.74) is 1.09. The van der Waals surface area contributed by atoms with E-state index in [0.717, 1.165) is 22.9 Å². The molecule has 1 aliphatic heterocycles. The lowest BCUT2D eigenvalue weighted by Gasteiger charge is -2.35. The number of carbonyl (C=O) groups excluding carboxylic acids is 1. The molecule has 1 heterocycles. The Labute approximate surface area is 127 Å². The zero-order chi connectivity index (χ0) is 14.5. The highest BCUT2D eigenvalue weighted by Gasteiger charge is 2.30. The number of aliphatic hydroxyl groups excluding tert-OH is 1. The number of halogens is 1. The van der Waals surface area contributed by atoms with Gasteiger partial charge >= 0.3 is 6.09 Å². The number of hydrogen-bond acceptors (Lipinski definition) is 3. The molecule has 1 N–H and O–H groups in total. The first kappa shape index (κ1) is 15.3. The maximum absolute atomic E-state index is 12.1. The Morgan fingerprint density at radius 2 is 2.35 bits per heavy atom. The molecule has 5 heteroatoms. The van der Waals surface area contributed by atoms with Crippen molar-refractivity contribution >= 4 is 22.0 Å². The van der Waals surface area contributed by atoms with Gasteiger partial charge in [-0.25, -0.2) is 4.79 Å². The number of cyclic esters (lactones) is 1.